The van der Waals surface area contributed by atoms with Crippen molar-refractivity contribution in [2.75, 3.05) is 0 Å². The van der Waals surface area contributed by atoms with E-state index in [0.717, 1.165) is 93.4 Å². The van der Waals surface area contributed by atoms with Gasteiger partial charge in [0.15, 0.2) is 23.1 Å². The predicted molar refractivity (Wildman–Crippen MR) is 255 cm³/mol. The van der Waals surface area contributed by atoms with E-state index >= 15 is 0 Å². The Morgan fingerprint density at radius 2 is 0.968 bits per heavy atom. The smallest absolute Gasteiger partial charge is 0.166 e. The average Bonchev–Trinajstić information content (AvgIpc) is 4.09. The zero-order valence-electron chi connectivity index (χ0n) is 32.8. The van der Waals surface area contributed by atoms with Crippen LogP contribution in [0.15, 0.2) is 191 Å². The third kappa shape index (κ3) is 4.88. The summed E-state index contributed by atoms with van der Waals surface area (Å²) < 4.78 is 18.0. The second kappa shape index (κ2) is 12.7. The molecule has 0 radical (unpaired) electrons. The first-order valence-corrected chi connectivity index (χ1v) is 21.5. The Hall–Kier alpha value is -8.13. The third-order valence-electron chi connectivity index (χ3n) is 12.4. The highest BCUT2D eigenvalue weighted by Gasteiger charge is 2.25. The van der Waals surface area contributed by atoms with Crippen LogP contribution in [0.25, 0.3) is 136 Å². The molecule has 0 atom stereocenters. The van der Waals surface area contributed by atoms with Crippen LogP contribution in [0.3, 0.4) is 0 Å². The van der Waals surface area contributed by atoms with Crippen LogP contribution in [0.1, 0.15) is 0 Å². The van der Waals surface area contributed by atoms with Gasteiger partial charge in [0, 0.05) is 69.2 Å². The predicted octanol–water partition coefficient (Wildman–Crippen LogP) is 15.3. The molecule has 0 amide bonds. The summed E-state index contributed by atoms with van der Waals surface area (Å²) in [5, 5.41) is 11.2. The lowest BCUT2D eigenvalue weighted by Crippen LogP contribution is -2.04. The number of aromatic nitrogens is 4. The summed E-state index contributed by atoms with van der Waals surface area (Å²) in [4.78, 5) is 16.1. The maximum absolute atomic E-state index is 6.94. The van der Waals surface area contributed by atoms with Gasteiger partial charge in [-0.25, -0.2) is 15.0 Å². The Labute approximate surface area is 356 Å². The van der Waals surface area contributed by atoms with Crippen LogP contribution in [-0.4, -0.2) is 19.5 Å². The summed E-state index contributed by atoms with van der Waals surface area (Å²) in [5.74, 6) is 1.70. The summed E-state index contributed by atoms with van der Waals surface area (Å²) in [5.41, 5.74) is 8.86. The first kappa shape index (κ1) is 33.7. The average molecular weight is 811 g/mol. The fourth-order valence-corrected chi connectivity index (χ4v) is 10.6. The number of nitrogens with zero attached hydrogens (tertiary/aromatic N) is 4. The molecule has 0 aliphatic heterocycles. The lowest BCUT2D eigenvalue weighted by atomic mass is 10.0. The van der Waals surface area contributed by atoms with Crippen LogP contribution < -0.4 is 0 Å². The zero-order chi connectivity index (χ0) is 40.5. The largest absolute Gasteiger partial charge is 0.456 e. The molecular weight excluding hydrogens is 781 g/mol. The van der Waals surface area contributed by atoms with Crippen molar-refractivity contribution in [1.29, 1.82) is 0 Å². The zero-order valence-corrected chi connectivity index (χ0v) is 33.7. The van der Waals surface area contributed by atoms with Crippen molar-refractivity contribution in [2.45, 2.75) is 0 Å². The van der Waals surface area contributed by atoms with Gasteiger partial charge in [0.25, 0.3) is 0 Å². The molecule has 0 fully saturated rings. The Kier molecular flexibility index (Phi) is 6.89. The molecule has 5 heterocycles. The molecule has 6 nitrogen and oxygen atoms in total. The number of furan rings is 2. The minimum Gasteiger partial charge on any atom is -0.456 e. The first-order valence-electron chi connectivity index (χ1n) is 20.7. The van der Waals surface area contributed by atoms with Crippen LogP contribution >= 0.6 is 11.3 Å². The third-order valence-corrected chi connectivity index (χ3v) is 13.6. The summed E-state index contributed by atoms with van der Waals surface area (Å²) in [6.07, 6.45) is 0. The molecule has 14 aromatic rings. The summed E-state index contributed by atoms with van der Waals surface area (Å²) in [6.45, 7) is 0. The molecule has 0 aliphatic carbocycles. The molecule has 9 aromatic carbocycles. The van der Waals surface area contributed by atoms with E-state index in [1.165, 1.54) is 25.6 Å². The van der Waals surface area contributed by atoms with Crippen LogP contribution in [-0.2, 0) is 0 Å². The second-order valence-corrected chi connectivity index (χ2v) is 17.0. The molecule has 0 saturated heterocycles. The van der Waals surface area contributed by atoms with E-state index in [9.17, 15) is 0 Å². The minimum absolute atomic E-state index is 0.543. The number of fused-ring (bicyclic) bond motifs is 13. The highest BCUT2D eigenvalue weighted by atomic mass is 32.1. The monoisotopic (exact) mass is 810 g/mol. The fourth-order valence-electron chi connectivity index (χ4n) is 9.56. The molecule has 14 rings (SSSR count). The molecule has 7 heteroatoms. The fraction of sp³-hybridized carbons (Fsp3) is 0. The highest BCUT2D eigenvalue weighted by Crippen LogP contribution is 2.44. The maximum atomic E-state index is 6.94. The summed E-state index contributed by atoms with van der Waals surface area (Å²) >= 11 is 1.80. The van der Waals surface area contributed by atoms with E-state index in [1.807, 2.05) is 42.5 Å². The van der Waals surface area contributed by atoms with E-state index in [1.54, 1.807) is 11.3 Å². The maximum Gasteiger partial charge on any atom is 0.166 e. The number of thiophene rings is 1. The molecule has 0 N–H and O–H groups in total. The molecular formula is C55H30N4O2S. The SMILES string of the molecule is c1ccc2cc3c(cc2c1)c1ccccc1n3-c1c(-c2nc(-c3ccc4oc5ccccc5c4c3)nc(-c3ccc4sc5ccccc5c4c3)n2)ccc2c1oc1ccccc12. The Balaban J connectivity index is 1.10. The van der Waals surface area contributed by atoms with Gasteiger partial charge in [0.1, 0.15) is 22.4 Å². The lowest BCUT2D eigenvalue weighted by molar-refractivity contribution is 0.666. The molecule has 62 heavy (non-hydrogen) atoms. The van der Waals surface area contributed by atoms with Crippen molar-refractivity contribution < 1.29 is 8.83 Å². The first-order chi connectivity index (χ1) is 30.7. The molecule has 0 bridgehead atoms. The van der Waals surface area contributed by atoms with Crippen molar-refractivity contribution in [1.82, 2.24) is 19.5 Å². The Morgan fingerprint density at radius 3 is 1.79 bits per heavy atom. The van der Waals surface area contributed by atoms with Crippen LogP contribution in [0.2, 0.25) is 0 Å². The van der Waals surface area contributed by atoms with Crippen molar-refractivity contribution >= 4 is 108 Å². The number of benzene rings is 9. The van der Waals surface area contributed by atoms with Crippen LogP contribution in [0.4, 0.5) is 0 Å². The van der Waals surface area contributed by atoms with Gasteiger partial charge in [-0.15, -0.1) is 11.3 Å². The summed E-state index contributed by atoms with van der Waals surface area (Å²) in [6, 6.07) is 63.8. The van der Waals surface area contributed by atoms with Crippen LogP contribution in [0, 0.1) is 0 Å². The quantitative estimate of drug-likeness (QED) is 0.177. The van der Waals surface area contributed by atoms with Crippen molar-refractivity contribution in [2.24, 2.45) is 0 Å². The topological polar surface area (TPSA) is 69.9 Å². The standard InChI is InChI=1S/C55H30N4O2S/c1-2-12-32-30-45-41(27-31(32)11-1)35-13-3-7-17-44(35)59(45)51-40(24-23-39-36-14-4-9-19-47(36)61-52(39)51)55-57-53(33-21-25-48-42(28-33)37-15-5-8-18-46(37)60-48)56-54(58-55)34-22-26-50-43(29-34)38-16-6-10-20-49(38)62-50/h1-30H. The van der Waals surface area contributed by atoms with E-state index in [-0.39, 0.29) is 0 Å². The van der Waals surface area contributed by atoms with Crippen molar-refractivity contribution in [3.8, 4) is 39.9 Å². The van der Waals surface area contributed by atoms with Gasteiger partial charge in [-0.3, -0.25) is 0 Å². The van der Waals surface area contributed by atoms with Gasteiger partial charge in [-0.05, 0) is 95.7 Å². The van der Waals surface area contributed by atoms with E-state index in [2.05, 4.69) is 144 Å². The molecule has 5 aromatic heterocycles. The number of hydrogen-bond acceptors (Lipinski definition) is 6. The molecule has 0 saturated carbocycles. The molecule has 0 aliphatic rings. The minimum atomic E-state index is 0.543. The van der Waals surface area contributed by atoms with Crippen LogP contribution in [0.5, 0.6) is 0 Å². The second-order valence-electron chi connectivity index (χ2n) is 15.9. The number of rotatable bonds is 4. The molecule has 0 unspecified atom stereocenters. The van der Waals surface area contributed by atoms with Gasteiger partial charge in [0.05, 0.1) is 11.0 Å². The van der Waals surface area contributed by atoms with Crippen molar-refractivity contribution in [3.05, 3.63) is 182 Å². The Bertz CT molecular complexity index is 4060. The van der Waals surface area contributed by atoms with Gasteiger partial charge in [-0.1, -0.05) is 97.1 Å². The molecule has 0 spiro atoms. The van der Waals surface area contributed by atoms with E-state index < -0.39 is 0 Å². The number of para-hydroxylation sites is 3. The van der Waals surface area contributed by atoms with E-state index in [4.69, 9.17) is 23.8 Å². The lowest BCUT2D eigenvalue weighted by Gasteiger charge is -2.15. The van der Waals surface area contributed by atoms with Crippen molar-refractivity contribution in [3.63, 3.8) is 0 Å². The Morgan fingerprint density at radius 1 is 0.371 bits per heavy atom. The normalized spacial score (nSPS) is 12.2. The number of hydrogen-bond donors (Lipinski definition) is 0. The van der Waals surface area contributed by atoms with Gasteiger partial charge in [-0.2, -0.15) is 0 Å². The van der Waals surface area contributed by atoms with E-state index in [0.29, 0.717) is 17.5 Å². The highest BCUT2D eigenvalue weighted by molar-refractivity contribution is 7.25. The van der Waals surface area contributed by atoms with Gasteiger partial charge < -0.3 is 13.4 Å². The molecule has 288 valence electrons. The summed E-state index contributed by atoms with van der Waals surface area (Å²) in [7, 11) is 0. The van der Waals surface area contributed by atoms with Gasteiger partial charge in [0.2, 0.25) is 0 Å². The van der Waals surface area contributed by atoms with Gasteiger partial charge >= 0.3 is 0 Å².